The fourth-order valence-electron chi connectivity index (χ4n) is 3.66. The highest BCUT2D eigenvalue weighted by atomic mass is 32.2. The van der Waals surface area contributed by atoms with E-state index in [1.165, 1.54) is 6.07 Å². The molecule has 1 aromatic carbocycles. The van der Waals surface area contributed by atoms with Crippen LogP contribution in [0.3, 0.4) is 0 Å². The monoisotopic (exact) mass is 342 g/mol. The van der Waals surface area contributed by atoms with Crippen LogP contribution in [0.5, 0.6) is 0 Å². The summed E-state index contributed by atoms with van der Waals surface area (Å²) < 4.78 is 32.7. The van der Waals surface area contributed by atoms with Crippen LogP contribution in [-0.2, 0) is 20.3 Å². The second-order valence-corrected chi connectivity index (χ2v) is 8.46. The zero-order valence-corrected chi connectivity index (χ0v) is 14.7. The molecular weight excluding hydrogens is 318 g/mol. The summed E-state index contributed by atoms with van der Waals surface area (Å²) in [6.45, 7) is 6.85. The highest BCUT2D eigenvalue weighted by molar-refractivity contribution is 7.85. The summed E-state index contributed by atoms with van der Waals surface area (Å²) in [7, 11) is -2.19. The van der Waals surface area contributed by atoms with Crippen molar-refractivity contribution in [2.24, 2.45) is 0 Å². The van der Waals surface area contributed by atoms with E-state index in [2.05, 4.69) is 6.92 Å². The molecule has 0 amide bonds. The van der Waals surface area contributed by atoms with Gasteiger partial charge in [0.2, 0.25) is 0 Å². The Morgan fingerprint density at radius 1 is 1.35 bits per heavy atom. The maximum atomic E-state index is 11.4. The molecule has 0 saturated heterocycles. The summed E-state index contributed by atoms with van der Waals surface area (Å²) in [5.41, 5.74) is 1.59. The van der Waals surface area contributed by atoms with Gasteiger partial charge in [0, 0.05) is 23.5 Å². The first kappa shape index (κ1) is 17.9. The fourth-order valence-corrected chi connectivity index (χ4v) is 4.16. The van der Waals surface area contributed by atoms with Crippen molar-refractivity contribution < 1.29 is 22.9 Å². The lowest BCUT2D eigenvalue weighted by molar-refractivity contribution is -0.137. The van der Waals surface area contributed by atoms with Crippen LogP contribution in [0.25, 0.3) is 0 Å². The number of carboxylic acid groups (broad SMARTS) is 1. The molecule has 1 heterocycles. The molecule has 2 N–H and O–H groups in total. The number of nitrogens with zero attached hydrogens (tertiary/aromatic N) is 1. The normalized spacial score (nSPS) is 26.0. The van der Waals surface area contributed by atoms with E-state index in [1.54, 1.807) is 12.1 Å². The number of quaternary nitrogens is 1. The topological polar surface area (TPSA) is 91.7 Å². The smallest absolute Gasteiger partial charge is 0.303 e. The van der Waals surface area contributed by atoms with Crippen LogP contribution in [0.15, 0.2) is 23.1 Å². The van der Waals surface area contributed by atoms with Gasteiger partial charge in [0.1, 0.15) is 11.7 Å². The summed E-state index contributed by atoms with van der Waals surface area (Å²) >= 11 is 0. The molecule has 0 radical (unpaired) electrons. The lowest BCUT2D eigenvalue weighted by Gasteiger charge is -2.38. The first-order valence-electron chi connectivity index (χ1n) is 7.60. The molecule has 0 spiro atoms. The Kier molecular flexibility index (Phi) is 4.34. The van der Waals surface area contributed by atoms with Crippen LogP contribution in [0.4, 0.5) is 5.69 Å². The lowest BCUT2D eigenvalue weighted by atomic mass is 9.81. The summed E-state index contributed by atoms with van der Waals surface area (Å²) in [6, 6.07) is 4.85. The molecule has 1 aromatic rings. The molecule has 0 aromatic heterocycles. The van der Waals surface area contributed by atoms with Gasteiger partial charge in [0.05, 0.1) is 24.9 Å². The van der Waals surface area contributed by atoms with Gasteiger partial charge in [-0.2, -0.15) is 8.42 Å². The van der Waals surface area contributed by atoms with E-state index in [4.69, 9.17) is 5.11 Å². The SMILES string of the molecule is CC1C(C)(C)c2cc(S(=O)(=O)O)ccc2[N+]1(C)CCCC(=O)O. The quantitative estimate of drug-likeness (QED) is 0.633. The number of hydrogen-bond acceptors (Lipinski definition) is 3. The summed E-state index contributed by atoms with van der Waals surface area (Å²) in [4.78, 5) is 10.7. The predicted molar refractivity (Wildman–Crippen MR) is 88.2 cm³/mol. The van der Waals surface area contributed by atoms with Crippen molar-refractivity contribution in [1.82, 2.24) is 4.48 Å². The predicted octanol–water partition coefficient (Wildman–Crippen LogP) is 2.41. The van der Waals surface area contributed by atoms with Crippen molar-refractivity contribution in [1.29, 1.82) is 0 Å². The zero-order valence-electron chi connectivity index (χ0n) is 13.9. The molecule has 7 heteroatoms. The molecule has 1 aliphatic heterocycles. The van der Waals surface area contributed by atoms with E-state index in [9.17, 15) is 17.8 Å². The average molecular weight is 342 g/mol. The zero-order chi connectivity index (χ0) is 17.6. The Bertz CT molecular complexity index is 741. The third kappa shape index (κ3) is 3.00. The Hall–Kier alpha value is -1.44. The van der Waals surface area contributed by atoms with Gasteiger partial charge in [-0.05, 0) is 32.9 Å². The van der Waals surface area contributed by atoms with Crippen LogP contribution in [0, 0.1) is 0 Å². The Balaban J connectivity index is 2.49. The van der Waals surface area contributed by atoms with Gasteiger partial charge in [-0.15, -0.1) is 0 Å². The fraction of sp³-hybridized carbons (Fsp3) is 0.562. The van der Waals surface area contributed by atoms with Gasteiger partial charge in [0.15, 0.2) is 0 Å². The van der Waals surface area contributed by atoms with E-state index in [0.717, 1.165) is 11.3 Å². The molecular formula is C16H24NO5S+. The van der Waals surface area contributed by atoms with Crippen LogP contribution in [0.1, 0.15) is 39.2 Å². The average Bonchev–Trinajstić information content (AvgIpc) is 2.57. The van der Waals surface area contributed by atoms with Gasteiger partial charge in [-0.1, -0.05) is 0 Å². The van der Waals surface area contributed by atoms with Crippen molar-refractivity contribution in [3.8, 4) is 0 Å². The number of fused-ring (bicyclic) bond motifs is 1. The number of hydrogen-bond donors (Lipinski definition) is 2. The van der Waals surface area contributed by atoms with Crippen molar-refractivity contribution in [3.05, 3.63) is 23.8 Å². The highest BCUT2D eigenvalue weighted by Gasteiger charge is 2.52. The Morgan fingerprint density at radius 2 is 1.96 bits per heavy atom. The molecule has 0 fully saturated rings. The van der Waals surface area contributed by atoms with Crippen LogP contribution >= 0.6 is 0 Å². The van der Waals surface area contributed by atoms with Gasteiger partial charge in [-0.25, -0.2) is 0 Å². The molecule has 0 aliphatic carbocycles. The van der Waals surface area contributed by atoms with Crippen LogP contribution < -0.4 is 4.48 Å². The first-order chi connectivity index (χ1) is 10.4. The third-order valence-corrected chi connectivity index (χ3v) is 6.27. The Labute approximate surface area is 137 Å². The minimum Gasteiger partial charge on any atom is -0.481 e. The van der Waals surface area contributed by atoms with E-state index in [-0.39, 0.29) is 22.8 Å². The molecule has 23 heavy (non-hydrogen) atoms. The number of aliphatic carboxylic acids is 1. The van der Waals surface area contributed by atoms with Gasteiger partial charge in [0.25, 0.3) is 10.1 Å². The van der Waals surface area contributed by atoms with Crippen molar-refractivity contribution in [2.45, 2.75) is 50.0 Å². The number of benzene rings is 1. The second-order valence-electron chi connectivity index (χ2n) is 7.04. The molecule has 6 nitrogen and oxygen atoms in total. The second kappa shape index (κ2) is 5.58. The van der Waals surface area contributed by atoms with Gasteiger partial charge >= 0.3 is 5.97 Å². The van der Waals surface area contributed by atoms with Crippen LogP contribution in [0.2, 0.25) is 0 Å². The highest BCUT2D eigenvalue weighted by Crippen LogP contribution is 2.49. The number of carboxylic acids is 1. The van der Waals surface area contributed by atoms with E-state index >= 15 is 0 Å². The number of rotatable bonds is 5. The first-order valence-corrected chi connectivity index (χ1v) is 9.04. The molecule has 2 unspecified atom stereocenters. The summed E-state index contributed by atoms with van der Waals surface area (Å²) in [6.07, 6.45) is 0.658. The van der Waals surface area contributed by atoms with Crippen molar-refractivity contribution in [3.63, 3.8) is 0 Å². The minimum absolute atomic E-state index is 0.101. The molecule has 2 atom stereocenters. The lowest BCUT2D eigenvalue weighted by Crippen LogP contribution is -2.54. The Morgan fingerprint density at radius 3 is 2.48 bits per heavy atom. The maximum absolute atomic E-state index is 11.4. The largest absolute Gasteiger partial charge is 0.481 e. The van der Waals surface area contributed by atoms with E-state index in [0.29, 0.717) is 17.4 Å². The molecule has 128 valence electrons. The van der Waals surface area contributed by atoms with Gasteiger partial charge < -0.3 is 5.11 Å². The van der Waals surface area contributed by atoms with E-state index < -0.39 is 16.1 Å². The maximum Gasteiger partial charge on any atom is 0.303 e. The number of carbonyl (C=O) groups is 1. The van der Waals surface area contributed by atoms with Crippen LogP contribution in [-0.4, -0.2) is 43.7 Å². The summed E-state index contributed by atoms with van der Waals surface area (Å²) in [5, 5.41) is 8.86. The van der Waals surface area contributed by atoms with Gasteiger partial charge in [-0.3, -0.25) is 13.8 Å². The third-order valence-electron chi connectivity index (χ3n) is 5.42. The van der Waals surface area contributed by atoms with Crippen molar-refractivity contribution >= 4 is 21.8 Å². The molecule has 2 rings (SSSR count). The number of likely N-dealkylation sites (N-methyl/N-ethyl adjacent to an activating group) is 1. The minimum atomic E-state index is -4.24. The molecule has 0 bridgehead atoms. The molecule has 1 aliphatic rings. The van der Waals surface area contributed by atoms with Crippen molar-refractivity contribution in [2.75, 3.05) is 13.6 Å². The summed E-state index contributed by atoms with van der Waals surface area (Å²) in [5.74, 6) is -0.815. The standard InChI is InChI=1S/C16H23NO5S/c1-11-16(2,3)13-10-12(23(20,21)22)7-8-14(13)17(11,4)9-5-6-15(18)19/h7-8,10-11H,5-6,9H2,1-4H3,(H-,18,19,20,21,22)/p+1. The molecule has 0 saturated carbocycles. The van der Waals surface area contributed by atoms with E-state index in [1.807, 2.05) is 20.9 Å².